The lowest BCUT2D eigenvalue weighted by molar-refractivity contribution is -0.143. The lowest BCUT2D eigenvalue weighted by atomic mass is 9.83. The van der Waals surface area contributed by atoms with Crippen molar-refractivity contribution in [3.05, 3.63) is 65.9 Å². The minimum atomic E-state index is -1.43. The Bertz CT molecular complexity index is 1250. The van der Waals surface area contributed by atoms with Gasteiger partial charge in [-0.2, -0.15) is 0 Å². The van der Waals surface area contributed by atoms with Crippen LogP contribution < -0.4 is 16.0 Å². The van der Waals surface area contributed by atoms with Crippen molar-refractivity contribution in [3.8, 4) is 11.1 Å². The Kier molecular flexibility index (Phi) is 5.44. The van der Waals surface area contributed by atoms with E-state index in [4.69, 9.17) is 0 Å². The Morgan fingerprint density at radius 1 is 1.00 bits per heavy atom. The van der Waals surface area contributed by atoms with Crippen LogP contribution in [0.15, 0.2) is 54.6 Å². The molecule has 1 aliphatic heterocycles. The third-order valence-electron chi connectivity index (χ3n) is 5.65. The van der Waals surface area contributed by atoms with Gasteiger partial charge in [0.05, 0.1) is 5.52 Å². The number of fused-ring (bicyclic) bond motifs is 1. The summed E-state index contributed by atoms with van der Waals surface area (Å²) in [5.74, 6) is -1.68. The van der Waals surface area contributed by atoms with E-state index in [2.05, 4.69) is 20.9 Å². The first kappa shape index (κ1) is 21.2. The zero-order chi connectivity index (χ0) is 22.9. The zero-order valence-electron chi connectivity index (χ0n) is 17.7. The second-order valence-electron chi connectivity index (χ2n) is 7.98. The molecule has 3 N–H and O–H groups in total. The number of aryl methyl sites for hydroxylation is 1. The van der Waals surface area contributed by atoms with Gasteiger partial charge in [-0.1, -0.05) is 30.3 Å². The number of nitrogens with one attached hydrogen (secondary N) is 3. The van der Waals surface area contributed by atoms with Gasteiger partial charge >= 0.3 is 6.03 Å². The molecule has 0 unspecified atom stereocenters. The van der Waals surface area contributed by atoms with E-state index >= 15 is 0 Å². The van der Waals surface area contributed by atoms with E-state index in [1.165, 1.54) is 6.92 Å². The fraction of sp³-hybridized carbons (Fsp3) is 0.208. The number of imide groups is 2. The standard InChI is InChI=1S/C24H22N4O4/c1-14-12-18(17-8-3-4-9-19(17)26-14)15-6-5-7-16(13-15)20(29)25-11-10-24(2)21(30)27-23(32)28-22(24)31/h3-9,12-13H,10-11H2,1-2H3,(H,25,29)(H2,27,28,30,31,32). The van der Waals surface area contributed by atoms with Crippen LogP contribution in [-0.2, 0) is 9.59 Å². The van der Waals surface area contributed by atoms with Gasteiger partial charge in [0.1, 0.15) is 5.41 Å². The molecule has 8 nitrogen and oxygen atoms in total. The monoisotopic (exact) mass is 430 g/mol. The largest absolute Gasteiger partial charge is 0.352 e. The van der Waals surface area contributed by atoms with E-state index in [1.807, 2.05) is 49.4 Å². The second kappa shape index (κ2) is 8.22. The molecule has 1 aromatic heterocycles. The van der Waals surface area contributed by atoms with Crippen LogP contribution in [0, 0.1) is 12.3 Å². The van der Waals surface area contributed by atoms with Gasteiger partial charge in [0.15, 0.2) is 0 Å². The van der Waals surface area contributed by atoms with Crippen molar-refractivity contribution in [2.75, 3.05) is 6.54 Å². The molecule has 2 heterocycles. The number of pyridine rings is 1. The van der Waals surface area contributed by atoms with E-state index in [-0.39, 0.29) is 18.9 Å². The molecule has 5 amide bonds. The molecule has 1 saturated heterocycles. The maximum atomic E-state index is 12.7. The fourth-order valence-electron chi connectivity index (χ4n) is 3.75. The Hall–Kier alpha value is -4.07. The molecule has 0 bridgehead atoms. The average Bonchev–Trinajstić information content (AvgIpc) is 2.77. The third kappa shape index (κ3) is 3.94. The summed E-state index contributed by atoms with van der Waals surface area (Å²) < 4.78 is 0. The van der Waals surface area contributed by atoms with Crippen LogP contribution in [0.4, 0.5) is 4.79 Å². The predicted octanol–water partition coefficient (Wildman–Crippen LogP) is 2.70. The molecular weight excluding hydrogens is 408 g/mol. The van der Waals surface area contributed by atoms with Gasteiger partial charge in [0, 0.05) is 23.2 Å². The van der Waals surface area contributed by atoms with E-state index < -0.39 is 23.3 Å². The number of para-hydroxylation sites is 1. The van der Waals surface area contributed by atoms with Gasteiger partial charge in [-0.15, -0.1) is 0 Å². The number of carbonyl (C=O) groups is 4. The Morgan fingerprint density at radius 2 is 1.72 bits per heavy atom. The molecular formula is C24H22N4O4. The SMILES string of the molecule is Cc1cc(-c2cccc(C(=O)NCCC3(C)C(=O)NC(=O)NC3=O)c2)c2ccccc2n1. The first-order chi connectivity index (χ1) is 15.3. The average molecular weight is 430 g/mol. The first-order valence-electron chi connectivity index (χ1n) is 10.2. The van der Waals surface area contributed by atoms with Gasteiger partial charge in [-0.3, -0.25) is 30.0 Å². The lowest BCUT2D eigenvalue weighted by Gasteiger charge is -2.30. The number of benzene rings is 2. The quantitative estimate of drug-likeness (QED) is 0.538. The van der Waals surface area contributed by atoms with Crippen molar-refractivity contribution in [2.24, 2.45) is 5.41 Å². The summed E-state index contributed by atoms with van der Waals surface area (Å²) >= 11 is 0. The van der Waals surface area contributed by atoms with Gasteiger partial charge in [0.25, 0.3) is 5.91 Å². The number of aromatic nitrogens is 1. The minimum Gasteiger partial charge on any atom is -0.352 e. The number of rotatable bonds is 5. The van der Waals surface area contributed by atoms with Crippen molar-refractivity contribution in [1.29, 1.82) is 0 Å². The Labute approximate surface area is 184 Å². The molecule has 3 aromatic rings. The summed E-state index contributed by atoms with van der Waals surface area (Å²) in [5, 5.41) is 7.92. The molecule has 0 atom stereocenters. The number of carbonyl (C=O) groups excluding carboxylic acids is 4. The molecule has 0 spiro atoms. The van der Waals surface area contributed by atoms with Crippen LogP contribution in [0.3, 0.4) is 0 Å². The lowest BCUT2D eigenvalue weighted by Crippen LogP contribution is -2.61. The van der Waals surface area contributed by atoms with Crippen LogP contribution in [0.5, 0.6) is 0 Å². The Morgan fingerprint density at radius 3 is 2.47 bits per heavy atom. The van der Waals surface area contributed by atoms with Crippen LogP contribution in [0.1, 0.15) is 29.4 Å². The Balaban J connectivity index is 1.51. The smallest absolute Gasteiger partial charge is 0.328 e. The van der Waals surface area contributed by atoms with Crippen molar-refractivity contribution >= 4 is 34.7 Å². The summed E-state index contributed by atoms with van der Waals surface area (Å²) in [6.45, 7) is 3.46. The van der Waals surface area contributed by atoms with Crippen LogP contribution in [0.2, 0.25) is 0 Å². The van der Waals surface area contributed by atoms with Crippen LogP contribution in [0.25, 0.3) is 22.0 Å². The van der Waals surface area contributed by atoms with Crippen LogP contribution in [-0.4, -0.2) is 35.3 Å². The van der Waals surface area contributed by atoms with Gasteiger partial charge in [-0.25, -0.2) is 4.79 Å². The van der Waals surface area contributed by atoms with E-state index in [0.29, 0.717) is 5.56 Å². The maximum absolute atomic E-state index is 12.7. The van der Waals surface area contributed by atoms with E-state index in [0.717, 1.165) is 27.7 Å². The predicted molar refractivity (Wildman–Crippen MR) is 119 cm³/mol. The van der Waals surface area contributed by atoms with Gasteiger partial charge < -0.3 is 5.32 Å². The highest BCUT2D eigenvalue weighted by atomic mass is 16.2. The molecule has 0 radical (unpaired) electrons. The molecule has 32 heavy (non-hydrogen) atoms. The molecule has 1 fully saturated rings. The highest BCUT2D eigenvalue weighted by Crippen LogP contribution is 2.29. The van der Waals surface area contributed by atoms with Crippen molar-refractivity contribution in [3.63, 3.8) is 0 Å². The molecule has 8 heteroatoms. The number of nitrogens with zero attached hydrogens (tertiary/aromatic N) is 1. The topological polar surface area (TPSA) is 117 Å². The first-order valence-corrected chi connectivity index (χ1v) is 10.2. The highest BCUT2D eigenvalue weighted by molar-refractivity contribution is 6.18. The molecule has 4 rings (SSSR count). The number of hydrogen-bond acceptors (Lipinski definition) is 5. The molecule has 1 aliphatic rings. The van der Waals surface area contributed by atoms with Gasteiger partial charge in [0.2, 0.25) is 11.8 Å². The second-order valence-corrected chi connectivity index (χ2v) is 7.98. The van der Waals surface area contributed by atoms with Gasteiger partial charge in [-0.05, 0) is 55.7 Å². The summed E-state index contributed by atoms with van der Waals surface area (Å²) in [4.78, 5) is 52.8. The molecule has 162 valence electrons. The number of barbiturate groups is 1. The molecule has 0 aliphatic carbocycles. The number of urea groups is 1. The zero-order valence-corrected chi connectivity index (χ0v) is 17.7. The number of amides is 5. The summed E-state index contributed by atoms with van der Waals surface area (Å²) in [6, 6.07) is 16.2. The highest BCUT2D eigenvalue weighted by Gasteiger charge is 2.45. The van der Waals surface area contributed by atoms with Crippen LogP contribution >= 0.6 is 0 Å². The summed E-state index contributed by atoms with van der Waals surface area (Å²) in [5.41, 5.74) is 2.65. The third-order valence-corrected chi connectivity index (χ3v) is 5.65. The van der Waals surface area contributed by atoms with Crippen molar-refractivity contribution < 1.29 is 19.2 Å². The van der Waals surface area contributed by atoms with Crippen molar-refractivity contribution in [2.45, 2.75) is 20.3 Å². The fourth-order valence-corrected chi connectivity index (χ4v) is 3.75. The number of hydrogen-bond donors (Lipinski definition) is 3. The molecule has 2 aromatic carbocycles. The molecule has 0 saturated carbocycles. The normalized spacial score (nSPS) is 15.2. The summed E-state index contributed by atoms with van der Waals surface area (Å²) in [7, 11) is 0. The van der Waals surface area contributed by atoms with E-state index in [1.54, 1.807) is 12.1 Å². The minimum absolute atomic E-state index is 0.0531. The maximum Gasteiger partial charge on any atom is 0.328 e. The van der Waals surface area contributed by atoms with Crippen molar-refractivity contribution in [1.82, 2.24) is 20.9 Å². The summed E-state index contributed by atoms with van der Waals surface area (Å²) in [6.07, 6.45) is 0.0531. The van der Waals surface area contributed by atoms with E-state index in [9.17, 15) is 19.2 Å².